The van der Waals surface area contributed by atoms with E-state index in [1.54, 1.807) is 24.9 Å². The van der Waals surface area contributed by atoms with E-state index in [0.717, 1.165) is 27.7 Å². The van der Waals surface area contributed by atoms with E-state index in [0.29, 0.717) is 0 Å². The van der Waals surface area contributed by atoms with Crippen molar-refractivity contribution in [3.05, 3.63) is 43.1 Å². The molecule has 0 aliphatic rings. The van der Waals surface area contributed by atoms with Crippen molar-refractivity contribution in [2.45, 2.75) is 0 Å². The lowest BCUT2D eigenvalue weighted by Gasteiger charge is -1.96. The zero-order valence-corrected chi connectivity index (χ0v) is 8.78. The van der Waals surface area contributed by atoms with Gasteiger partial charge in [-0.2, -0.15) is 0 Å². The van der Waals surface area contributed by atoms with E-state index in [1.807, 2.05) is 22.6 Å². The van der Waals surface area contributed by atoms with Crippen LogP contribution < -0.4 is 0 Å². The van der Waals surface area contributed by atoms with Gasteiger partial charge in [-0.25, -0.2) is 15.0 Å². The van der Waals surface area contributed by atoms with Crippen LogP contribution in [0.25, 0.3) is 27.7 Å². The molecule has 4 heterocycles. The molecule has 0 bridgehead atoms. The Morgan fingerprint density at radius 3 is 2.88 bits per heavy atom. The van der Waals surface area contributed by atoms with Crippen molar-refractivity contribution in [3.63, 3.8) is 0 Å². The molecule has 0 saturated heterocycles. The predicted octanol–water partition coefficient (Wildman–Crippen LogP) is 1.83. The topological polar surface area (TPSA) is 56.0 Å². The predicted molar refractivity (Wildman–Crippen MR) is 63.6 cm³/mol. The summed E-state index contributed by atoms with van der Waals surface area (Å²) in [7, 11) is 0. The summed E-state index contributed by atoms with van der Waals surface area (Å²) in [6.07, 6.45) is 6.99. The molecule has 0 amide bonds. The average Bonchev–Trinajstić information content (AvgIpc) is 2.73. The van der Waals surface area contributed by atoms with Crippen LogP contribution >= 0.6 is 0 Å². The molecule has 4 aromatic rings. The Labute approximate surface area is 95.8 Å². The number of hydrogen-bond acceptors (Lipinski definition) is 4. The van der Waals surface area contributed by atoms with Crippen molar-refractivity contribution < 1.29 is 0 Å². The van der Waals surface area contributed by atoms with E-state index in [1.165, 1.54) is 0 Å². The van der Waals surface area contributed by atoms with Gasteiger partial charge < -0.3 is 0 Å². The van der Waals surface area contributed by atoms with Crippen LogP contribution in [0, 0.1) is 0 Å². The number of pyridine rings is 2. The van der Waals surface area contributed by atoms with Gasteiger partial charge in [0.2, 0.25) is 0 Å². The van der Waals surface area contributed by atoms with Crippen LogP contribution in [0.5, 0.6) is 0 Å². The molecule has 0 saturated carbocycles. The van der Waals surface area contributed by atoms with Gasteiger partial charge in [0.05, 0.1) is 5.52 Å². The van der Waals surface area contributed by atoms with Gasteiger partial charge in [-0.05, 0) is 18.2 Å². The number of nitrogens with zero attached hydrogens (tertiary/aromatic N) is 5. The Kier molecular flexibility index (Phi) is 1.50. The third kappa shape index (κ3) is 1.13. The van der Waals surface area contributed by atoms with Crippen molar-refractivity contribution >= 4 is 27.7 Å². The molecule has 4 rings (SSSR count). The molecule has 0 atom stereocenters. The van der Waals surface area contributed by atoms with Crippen molar-refractivity contribution in [2.24, 2.45) is 0 Å². The highest BCUT2D eigenvalue weighted by Gasteiger charge is 2.06. The summed E-state index contributed by atoms with van der Waals surface area (Å²) in [5.41, 5.74) is 3.45. The quantitative estimate of drug-likeness (QED) is 0.454. The summed E-state index contributed by atoms with van der Waals surface area (Å²) in [6.45, 7) is 0. The lowest BCUT2D eigenvalue weighted by Crippen LogP contribution is -1.88. The van der Waals surface area contributed by atoms with Crippen molar-refractivity contribution in [1.82, 2.24) is 24.3 Å². The molecule has 5 heteroatoms. The van der Waals surface area contributed by atoms with E-state index in [9.17, 15) is 0 Å². The first-order valence-electron chi connectivity index (χ1n) is 5.24. The first-order valence-corrected chi connectivity index (χ1v) is 5.24. The molecule has 0 spiro atoms. The smallest absolute Gasteiger partial charge is 0.166 e. The van der Waals surface area contributed by atoms with Crippen LogP contribution in [0.4, 0.5) is 0 Å². The standard InChI is InChI=1S/C12H7N5/c1-3-13-6-8-5-10-12(16-9(1)8)17-7-14-4-2-11(17)15-10/h1-7H. The Hall–Kier alpha value is -2.56. The fourth-order valence-corrected chi connectivity index (χ4v) is 1.99. The number of rotatable bonds is 0. The highest BCUT2D eigenvalue weighted by Crippen LogP contribution is 2.19. The SMILES string of the molecule is c1cc2nc3c(cc2cn1)nc1ccncn13. The summed E-state index contributed by atoms with van der Waals surface area (Å²) in [5, 5.41) is 0.997. The molecule has 0 aliphatic heterocycles. The Morgan fingerprint density at radius 1 is 0.941 bits per heavy atom. The van der Waals surface area contributed by atoms with Crippen LogP contribution in [0.1, 0.15) is 0 Å². The minimum absolute atomic E-state index is 0.826. The number of imidazole rings is 1. The third-order valence-electron chi connectivity index (χ3n) is 2.78. The number of fused-ring (bicyclic) bond motifs is 4. The maximum atomic E-state index is 4.59. The molecule has 0 aliphatic carbocycles. The maximum Gasteiger partial charge on any atom is 0.166 e. The molecule has 4 aromatic heterocycles. The maximum absolute atomic E-state index is 4.59. The Bertz CT molecular complexity index is 843. The van der Waals surface area contributed by atoms with Crippen LogP contribution in [0.15, 0.2) is 43.1 Å². The van der Waals surface area contributed by atoms with Gasteiger partial charge in [-0.3, -0.25) is 9.38 Å². The van der Waals surface area contributed by atoms with Gasteiger partial charge in [0.15, 0.2) is 5.65 Å². The third-order valence-corrected chi connectivity index (χ3v) is 2.78. The zero-order valence-electron chi connectivity index (χ0n) is 8.78. The molecule has 0 N–H and O–H groups in total. The largest absolute Gasteiger partial charge is 0.267 e. The Balaban J connectivity index is 2.28. The highest BCUT2D eigenvalue weighted by molar-refractivity contribution is 5.90. The summed E-state index contributed by atoms with van der Waals surface area (Å²) in [4.78, 5) is 17.3. The lowest BCUT2D eigenvalue weighted by molar-refractivity contribution is 1.10. The minimum Gasteiger partial charge on any atom is -0.267 e. The molecule has 80 valence electrons. The first kappa shape index (κ1) is 8.58. The molecular weight excluding hydrogens is 214 g/mol. The Morgan fingerprint density at radius 2 is 1.88 bits per heavy atom. The van der Waals surface area contributed by atoms with E-state index in [4.69, 9.17) is 0 Å². The van der Waals surface area contributed by atoms with Gasteiger partial charge in [0, 0.05) is 24.0 Å². The van der Waals surface area contributed by atoms with E-state index < -0.39 is 0 Å². The summed E-state index contributed by atoms with van der Waals surface area (Å²) in [6, 6.07) is 5.76. The molecule has 0 unspecified atom stereocenters. The van der Waals surface area contributed by atoms with Crippen molar-refractivity contribution in [3.8, 4) is 0 Å². The highest BCUT2D eigenvalue weighted by atomic mass is 15.1. The van der Waals surface area contributed by atoms with Crippen LogP contribution in [0.3, 0.4) is 0 Å². The van der Waals surface area contributed by atoms with Crippen molar-refractivity contribution in [2.75, 3.05) is 0 Å². The second-order valence-corrected chi connectivity index (χ2v) is 3.82. The van der Waals surface area contributed by atoms with E-state index in [2.05, 4.69) is 19.9 Å². The summed E-state index contributed by atoms with van der Waals surface area (Å²) < 4.78 is 1.88. The van der Waals surface area contributed by atoms with Gasteiger partial charge in [0.1, 0.15) is 17.5 Å². The first-order chi connectivity index (χ1) is 8.42. The van der Waals surface area contributed by atoms with E-state index in [-0.39, 0.29) is 0 Å². The van der Waals surface area contributed by atoms with Crippen molar-refractivity contribution in [1.29, 1.82) is 0 Å². The van der Waals surface area contributed by atoms with E-state index >= 15 is 0 Å². The minimum atomic E-state index is 0.826. The normalized spacial score (nSPS) is 11.5. The van der Waals surface area contributed by atoms with Gasteiger partial charge in [-0.1, -0.05) is 0 Å². The number of hydrogen-bond donors (Lipinski definition) is 0. The monoisotopic (exact) mass is 221 g/mol. The molecular formula is C12H7N5. The van der Waals surface area contributed by atoms with Crippen LogP contribution in [-0.4, -0.2) is 24.3 Å². The second-order valence-electron chi connectivity index (χ2n) is 3.82. The molecule has 5 nitrogen and oxygen atoms in total. The molecule has 0 aromatic carbocycles. The second kappa shape index (κ2) is 2.98. The average molecular weight is 221 g/mol. The van der Waals surface area contributed by atoms with Gasteiger partial charge in [0.25, 0.3) is 0 Å². The lowest BCUT2D eigenvalue weighted by atomic mass is 10.2. The number of aromatic nitrogens is 5. The van der Waals surface area contributed by atoms with Gasteiger partial charge >= 0.3 is 0 Å². The summed E-state index contributed by atoms with van der Waals surface area (Å²) in [5.74, 6) is 0. The van der Waals surface area contributed by atoms with Crippen LogP contribution in [-0.2, 0) is 0 Å². The molecule has 0 radical (unpaired) electrons. The zero-order chi connectivity index (χ0) is 11.2. The van der Waals surface area contributed by atoms with Gasteiger partial charge in [-0.15, -0.1) is 0 Å². The van der Waals surface area contributed by atoms with Crippen LogP contribution in [0.2, 0.25) is 0 Å². The molecule has 17 heavy (non-hydrogen) atoms. The summed E-state index contributed by atoms with van der Waals surface area (Å²) >= 11 is 0. The molecule has 0 fully saturated rings. The fraction of sp³-hybridized carbons (Fsp3) is 0. The fourth-order valence-electron chi connectivity index (χ4n) is 1.99.